The minimum atomic E-state index is -0.926. The number of hydrogen-bond acceptors (Lipinski definition) is 6. The maximum absolute atomic E-state index is 13.1. The van der Waals surface area contributed by atoms with Gasteiger partial charge in [0.05, 0.1) is 18.8 Å². The highest BCUT2D eigenvalue weighted by atomic mass is 16.6. The normalized spacial score (nSPS) is 16.7. The quantitative estimate of drug-likeness (QED) is 0.338. The smallest absolute Gasteiger partial charge is 0.416 e. The Hall–Kier alpha value is -3.52. The Morgan fingerprint density at radius 1 is 1.28 bits per heavy atom. The first-order chi connectivity index (χ1) is 15.4. The Kier molecular flexibility index (Phi) is 8.66. The summed E-state index contributed by atoms with van der Waals surface area (Å²) in [7, 11) is 2.88. The molecular weight excluding hydrogens is 412 g/mol. The number of amides is 2. The van der Waals surface area contributed by atoms with Crippen molar-refractivity contribution in [3.05, 3.63) is 66.8 Å². The van der Waals surface area contributed by atoms with Gasteiger partial charge in [0.15, 0.2) is 17.7 Å². The number of allylic oxidation sites excluding steroid dienone is 1. The summed E-state index contributed by atoms with van der Waals surface area (Å²) in [6.07, 6.45) is 4.31. The van der Waals surface area contributed by atoms with Crippen molar-refractivity contribution in [3.8, 4) is 11.5 Å². The molecule has 1 aliphatic rings. The third-order valence-electron chi connectivity index (χ3n) is 5.35. The molecule has 0 aromatic heterocycles. The molecule has 0 aliphatic carbocycles. The predicted molar refractivity (Wildman–Crippen MR) is 123 cm³/mol. The van der Waals surface area contributed by atoms with Crippen molar-refractivity contribution in [1.29, 1.82) is 0 Å². The van der Waals surface area contributed by atoms with Crippen LogP contribution in [-0.2, 0) is 14.3 Å². The molecule has 1 aromatic rings. The molecule has 2 amide bonds. The minimum Gasteiger partial charge on any atom is -0.504 e. The zero-order valence-corrected chi connectivity index (χ0v) is 18.7. The summed E-state index contributed by atoms with van der Waals surface area (Å²) in [6, 6.07) is 2.46. The molecule has 32 heavy (non-hydrogen) atoms. The maximum atomic E-state index is 13.1. The number of benzene rings is 1. The van der Waals surface area contributed by atoms with Crippen molar-refractivity contribution in [3.63, 3.8) is 0 Å². The van der Waals surface area contributed by atoms with Gasteiger partial charge in [0, 0.05) is 19.7 Å². The average molecular weight is 443 g/mol. The van der Waals surface area contributed by atoms with E-state index in [0.717, 1.165) is 11.1 Å². The van der Waals surface area contributed by atoms with Crippen LogP contribution in [0.4, 0.5) is 10.5 Å². The van der Waals surface area contributed by atoms with E-state index in [2.05, 4.69) is 19.7 Å². The van der Waals surface area contributed by atoms with Gasteiger partial charge in [-0.2, -0.15) is 0 Å². The van der Waals surface area contributed by atoms with E-state index in [9.17, 15) is 14.7 Å². The molecule has 0 bridgehead atoms. The van der Waals surface area contributed by atoms with Crippen molar-refractivity contribution in [2.45, 2.75) is 25.6 Å². The van der Waals surface area contributed by atoms with Crippen molar-refractivity contribution < 1.29 is 28.9 Å². The largest absolute Gasteiger partial charge is 0.504 e. The molecule has 0 saturated heterocycles. The lowest BCUT2D eigenvalue weighted by molar-refractivity contribution is -0.123. The second-order valence-corrected chi connectivity index (χ2v) is 7.18. The molecule has 1 aromatic carbocycles. The summed E-state index contributed by atoms with van der Waals surface area (Å²) >= 11 is 0. The molecule has 1 aliphatic heterocycles. The van der Waals surface area contributed by atoms with Crippen molar-refractivity contribution >= 4 is 18.2 Å². The van der Waals surface area contributed by atoms with Crippen LogP contribution in [0.1, 0.15) is 12.0 Å². The number of phenols is 1. The number of methoxy groups -OCH3 is 2. The van der Waals surface area contributed by atoms with E-state index in [-0.39, 0.29) is 18.1 Å². The molecule has 1 heterocycles. The number of nitrogens with zero attached hydrogens (tertiary/aromatic N) is 2. The first kappa shape index (κ1) is 24.7. The van der Waals surface area contributed by atoms with Crippen molar-refractivity contribution in [2.24, 2.45) is 0 Å². The number of hydrogen-bond donors (Lipinski definition) is 1. The fourth-order valence-corrected chi connectivity index (χ4v) is 3.73. The lowest BCUT2D eigenvalue weighted by atomic mass is 9.92. The SMILES string of the molecule is C=CCOC(=O)N(c1cc(O)c(OC)cc1C)C(OC)C1CC(C=C)=C(C=C)CN1C=O. The highest BCUT2D eigenvalue weighted by Crippen LogP contribution is 2.37. The lowest BCUT2D eigenvalue weighted by Gasteiger charge is -2.42. The fraction of sp³-hybridized carbons (Fsp3) is 0.333. The Morgan fingerprint density at radius 3 is 2.50 bits per heavy atom. The number of aryl methyl sites for hydroxylation is 1. The lowest BCUT2D eigenvalue weighted by Crippen LogP contribution is -2.56. The summed E-state index contributed by atoms with van der Waals surface area (Å²) in [6.45, 7) is 13.3. The number of rotatable bonds is 10. The van der Waals surface area contributed by atoms with Gasteiger partial charge < -0.3 is 24.2 Å². The summed E-state index contributed by atoms with van der Waals surface area (Å²) in [5.74, 6) is 0.111. The predicted octanol–water partition coefficient (Wildman–Crippen LogP) is 3.71. The zero-order chi connectivity index (χ0) is 23.8. The molecule has 0 fully saturated rings. The number of carbonyl (C=O) groups excluding carboxylic acids is 2. The molecule has 1 N–H and O–H groups in total. The van der Waals surface area contributed by atoms with E-state index in [0.29, 0.717) is 30.6 Å². The molecule has 0 spiro atoms. The van der Waals surface area contributed by atoms with Crippen LogP contribution in [0, 0.1) is 6.92 Å². The molecule has 2 rings (SSSR count). The maximum Gasteiger partial charge on any atom is 0.416 e. The summed E-state index contributed by atoms with van der Waals surface area (Å²) in [5.41, 5.74) is 2.77. The number of phenolic OH excluding ortho intramolecular Hbond substituents is 1. The van der Waals surface area contributed by atoms with Crippen LogP contribution in [0.5, 0.6) is 11.5 Å². The Labute approximate surface area is 188 Å². The van der Waals surface area contributed by atoms with Gasteiger partial charge in [0.1, 0.15) is 6.61 Å². The van der Waals surface area contributed by atoms with Crippen LogP contribution >= 0.6 is 0 Å². The number of carbonyl (C=O) groups is 2. The third kappa shape index (κ3) is 5.03. The van der Waals surface area contributed by atoms with Crippen molar-refractivity contribution in [2.75, 3.05) is 32.3 Å². The Morgan fingerprint density at radius 2 is 1.97 bits per heavy atom. The second-order valence-electron chi connectivity index (χ2n) is 7.18. The van der Waals surface area contributed by atoms with E-state index >= 15 is 0 Å². The van der Waals surface area contributed by atoms with Crippen LogP contribution in [0.25, 0.3) is 0 Å². The van der Waals surface area contributed by atoms with Crippen molar-refractivity contribution in [1.82, 2.24) is 4.90 Å². The van der Waals surface area contributed by atoms with Crippen LogP contribution in [0.3, 0.4) is 0 Å². The van der Waals surface area contributed by atoms with Crippen LogP contribution in [0.15, 0.2) is 61.2 Å². The Bertz CT molecular complexity index is 923. The first-order valence-electron chi connectivity index (χ1n) is 10.0. The third-order valence-corrected chi connectivity index (χ3v) is 5.35. The molecule has 0 saturated carbocycles. The monoisotopic (exact) mass is 442 g/mol. The molecule has 8 nitrogen and oxygen atoms in total. The topological polar surface area (TPSA) is 88.5 Å². The molecule has 2 atom stereocenters. The number of aromatic hydroxyl groups is 1. The summed E-state index contributed by atoms with van der Waals surface area (Å²) in [4.78, 5) is 27.9. The first-order valence-corrected chi connectivity index (χ1v) is 10.0. The number of anilines is 1. The summed E-state index contributed by atoms with van der Waals surface area (Å²) in [5, 5.41) is 10.4. The molecule has 8 heteroatoms. The van der Waals surface area contributed by atoms with E-state index in [1.807, 2.05) is 0 Å². The summed E-state index contributed by atoms with van der Waals surface area (Å²) < 4.78 is 16.2. The van der Waals surface area contributed by atoms with E-state index in [1.54, 1.807) is 30.0 Å². The van der Waals surface area contributed by atoms with Gasteiger partial charge in [-0.15, -0.1) is 0 Å². The minimum absolute atomic E-state index is 0.0204. The zero-order valence-electron chi connectivity index (χ0n) is 18.7. The van der Waals surface area contributed by atoms with Gasteiger partial charge >= 0.3 is 6.09 Å². The molecular formula is C24H30N2O6. The highest BCUT2D eigenvalue weighted by molar-refractivity contribution is 5.90. The van der Waals surface area contributed by atoms with Gasteiger partial charge in [-0.1, -0.05) is 38.0 Å². The number of ether oxygens (including phenoxy) is 3. The van der Waals surface area contributed by atoms with Gasteiger partial charge in [-0.3, -0.25) is 4.79 Å². The standard InChI is InChI=1S/C24H30N2O6/c1-7-10-32-24(29)26(19-13-21(28)22(30-5)11-16(19)4)23(31-6)20-12-17(8-2)18(9-3)14-25(20)15-27/h7-9,11,13,15,20,23,28H,1-3,10,12,14H2,4-6H3. The second kappa shape index (κ2) is 11.2. The van der Waals surface area contributed by atoms with Crippen LogP contribution in [0.2, 0.25) is 0 Å². The van der Waals surface area contributed by atoms with Crippen LogP contribution < -0.4 is 9.64 Å². The van der Waals surface area contributed by atoms with Crippen LogP contribution in [-0.4, -0.2) is 62.2 Å². The van der Waals surface area contributed by atoms with E-state index in [4.69, 9.17) is 14.2 Å². The average Bonchev–Trinajstić information content (AvgIpc) is 2.81. The molecule has 172 valence electrons. The molecule has 0 radical (unpaired) electrons. The molecule has 2 unspecified atom stereocenters. The van der Waals surface area contributed by atoms with Gasteiger partial charge in [-0.25, -0.2) is 9.69 Å². The van der Waals surface area contributed by atoms with Gasteiger partial charge in [0.2, 0.25) is 6.41 Å². The highest BCUT2D eigenvalue weighted by Gasteiger charge is 2.39. The van der Waals surface area contributed by atoms with E-state index < -0.39 is 18.4 Å². The fourth-order valence-electron chi connectivity index (χ4n) is 3.73. The van der Waals surface area contributed by atoms with Gasteiger partial charge in [-0.05, 0) is 36.1 Å². The Balaban J connectivity index is 2.62. The van der Waals surface area contributed by atoms with Gasteiger partial charge in [0.25, 0.3) is 0 Å². The van der Waals surface area contributed by atoms with E-state index in [1.165, 1.54) is 31.3 Å².